The normalized spacial score (nSPS) is 10.4. The topological polar surface area (TPSA) is 52.3 Å². The summed E-state index contributed by atoms with van der Waals surface area (Å²) in [6.45, 7) is 4.14. The van der Waals surface area contributed by atoms with Crippen LogP contribution in [0.3, 0.4) is 0 Å². The molecule has 0 saturated carbocycles. The van der Waals surface area contributed by atoms with Gasteiger partial charge in [0, 0.05) is 15.8 Å². The van der Waals surface area contributed by atoms with Crippen LogP contribution < -0.4 is 5.73 Å². The van der Waals surface area contributed by atoms with E-state index in [4.69, 9.17) is 10.5 Å². The number of nitrogen functional groups attached to an aromatic ring is 1. The molecule has 82 valence electrons. The molecule has 0 bridgehead atoms. The first kappa shape index (κ1) is 11.9. The first-order chi connectivity index (χ1) is 7.04. The van der Waals surface area contributed by atoms with Crippen LogP contribution in [-0.4, -0.2) is 18.3 Å². The van der Waals surface area contributed by atoms with Crippen LogP contribution in [0.5, 0.6) is 0 Å². The lowest BCUT2D eigenvalue weighted by molar-refractivity contribution is 0.0597. The molecule has 0 heterocycles. The lowest BCUT2D eigenvalue weighted by atomic mass is 10.2. The van der Waals surface area contributed by atoms with Crippen molar-refractivity contribution >= 4 is 23.4 Å². The van der Waals surface area contributed by atoms with Crippen LogP contribution in [0, 0.1) is 0 Å². The molecule has 0 saturated heterocycles. The Morgan fingerprint density at radius 2 is 2.13 bits per heavy atom. The maximum Gasteiger partial charge on any atom is 0.339 e. The van der Waals surface area contributed by atoms with E-state index in [0.29, 0.717) is 16.5 Å². The third kappa shape index (κ3) is 3.16. The summed E-state index contributed by atoms with van der Waals surface area (Å²) in [7, 11) is 1.37. The zero-order valence-corrected chi connectivity index (χ0v) is 9.93. The number of hydrogen-bond donors (Lipinski definition) is 1. The van der Waals surface area contributed by atoms with E-state index in [1.807, 2.05) is 6.07 Å². The van der Waals surface area contributed by atoms with Crippen molar-refractivity contribution < 1.29 is 9.53 Å². The van der Waals surface area contributed by atoms with Gasteiger partial charge in [-0.25, -0.2) is 4.79 Å². The zero-order chi connectivity index (χ0) is 11.4. The van der Waals surface area contributed by atoms with E-state index in [-0.39, 0.29) is 5.97 Å². The summed E-state index contributed by atoms with van der Waals surface area (Å²) in [5.41, 5.74) is 6.74. The van der Waals surface area contributed by atoms with Crippen LogP contribution >= 0.6 is 11.8 Å². The maximum absolute atomic E-state index is 11.5. The molecule has 0 aliphatic heterocycles. The fourth-order valence-corrected chi connectivity index (χ4v) is 2.10. The number of methoxy groups -OCH3 is 1. The highest BCUT2D eigenvalue weighted by Crippen LogP contribution is 2.28. The summed E-state index contributed by atoms with van der Waals surface area (Å²) in [5.74, 6) is -0.342. The SMILES string of the molecule is COC(=O)c1cc(N)ccc1SC(C)C. The van der Waals surface area contributed by atoms with Gasteiger partial charge in [0.1, 0.15) is 0 Å². The van der Waals surface area contributed by atoms with Gasteiger partial charge in [-0.15, -0.1) is 11.8 Å². The number of benzene rings is 1. The van der Waals surface area contributed by atoms with Crippen molar-refractivity contribution in [2.24, 2.45) is 0 Å². The Morgan fingerprint density at radius 1 is 1.47 bits per heavy atom. The molecule has 0 unspecified atom stereocenters. The Balaban J connectivity index is 3.08. The van der Waals surface area contributed by atoms with Crippen LogP contribution in [-0.2, 0) is 4.74 Å². The molecule has 0 aliphatic carbocycles. The van der Waals surface area contributed by atoms with E-state index in [1.165, 1.54) is 7.11 Å². The highest BCUT2D eigenvalue weighted by Gasteiger charge is 2.13. The first-order valence-electron chi connectivity index (χ1n) is 4.69. The molecule has 1 rings (SSSR count). The fourth-order valence-electron chi connectivity index (χ4n) is 1.17. The molecule has 0 aromatic heterocycles. The Kier molecular flexibility index (Phi) is 4.03. The number of thioether (sulfide) groups is 1. The van der Waals surface area contributed by atoms with Crippen molar-refractivity contribution in [3.8, 4) is 0 Å². The summed E-state index contributed by atoms with van der Waals surface area (Å²) >= 11 is 1.62. The Morgan fingerprint density at radius 3 is 2.67 bits per heavy atom. The van der Waals surface area contributed by atoms with E-state index in [9.17, 15) is 4.79 Å². The number of carbonyl (C=O) groups is 1. The summed E-state index contributed by atoms with van der Waals surface area (Å²) in [4.78, 5) is 12.4. The summed E-state index contributed by atoms with van der Waals surface area (Å²) in [5, 5.41) is 0.414. The number of nitrogens with two attached hydrogens (primary N) is 1. The van der Waals surface area contributed by atoms with Crippen molar-refractivity contribution in [2.75, 3.05) is 12.8 Å². The van der Waals surface area contributed by atoms with Crippen LogP contribution in [0.15, 0.2) is 23.1 Å². The monoisotopic (exact) mass is 225 g/mol. The van der Waals surface area contributed by atoms with Gasteiger partial charge in [0.2, 0.25) is 0 Å². The van der Waals surface area contributed by atoms with Crippen LogP contribution in [0.25, 0.3) is 0 Å². The van der Waals surface area contributed by atoms with Gasteiger partial charge in [-0.05, 0) is 18.2 Å². The van der Waals surface area contributed by atoms with Crippen LogP contribution in [0.2, 0.25) is 0 Å². The average Bonchev–Trinajstić information content (AvgIpc) is 2.19. The first-order valence-corrected chi connectivity index (χ1v) is 5.57. The molecule has 1 aromatic carbocycles. The summed E-state index contributed by atoms with van der Waals surface area (Å²) in [6, 6.07) is 5.29. The predicted octanol–water partition coefficient (Wildman–Crippen LogP) is 2.56. The molecule has 2 N–H and O–H groups in total. The van der Waals surface area contributed by atoms with Crippen LogP contribution in [0.1, 0.15) is 24.2 Å². The number of ether oxygens (including phenoxy) is 1. The Bertz CT molecular complexity index is 364. The summed E-state index contributed by atoms with van der Waals surface area (Å²) < 4.78 is 4.71. The van der Waals surface area contributed by atoms with Crippen molar-refractivity contribution in [1.82, 2.24) is 0 Å². The zero-order valence-electron chi connectivity index (χ0n) is 9.11. The number of esters is 1. The van der Waals surface area contributed by atoms with Gasteiger partial charge < -0.3 is 10.5 Å². The second-order valence-corrected chi connectivity index (χ2v) is 5.03. The van der Waals surface area contributed by atoms with E-state index >= 15 is 0 Å². The Hall–Kier alpha value is -1.16. The van der Waals surface area contributed by atoms with Gasteiger partial charge >= 0.3 is 5.97 Å². The van der Waals surface area contributed by atoms with Crippen molar-refractivity contribution in [3.05, 3.63) is 23.8 Å². The van der Waals surface area contributed by atoms with E-state index in [0.717, 1.165) is 4.90 Å². The molecular weight excluding hydrogens is 210 g/mol. The van der Waals surface area contributed by atoms with Crippen molar-refractivity contribution in [3.63, 3.8) is 0 Å². The fraction of sp³-hybridized carbons (Fsp3) is 0.364. The molecule has 0 aliphatic rings. The molecule has 3 nitrogen and oxygen atoms in total. The second-order valence-electron chi connectivity index (χ2n) is 3.41. The highest BCUT2D eigenvalue weighted by molar-refractivity contribution is 8.00. The molecule has 15 heavy (non-hydrogen) atoms. The third-order valence-electron chi connectivity index (χ3n) is 1.77. The smallest absolute Gasteiger partial charge is 0.339 e. The highest BCUT2D eigenvalue weighted by atomic mass is 32.2. The molecule has 0 fully saturated rings. The lowest BCUT2D eigenvalue weighted by Crippen LogP contribution is -2.05. The second kappa shape index (κ2) is 5.07. The average molecular weight is 225 g/mol. The molecule has 0 spiro atoms. The van der Waals surface area contributed by atoms with Crippen LogP contribution in [0.4, 0.5) is 5.69 Å². The van der Waals surface area contributed by atoms with Gasteiger partial charge in [-0.2, -0.15) is 0 Å². The van der Waals surface area contributed by atoms with Gasteiger partial charge in [-0.3, -0.25) is 0 Å². The largest absolute Gasteiger partial charge is 0.465 e. The van der Waals surface area contributed by atoms with Crippen molar-refractivity contribution in [1.29, 1.82) is 0 Å². The van der Waals surface area contributed by atoms with Gasteiger partial charge in [0.15, 0.2) is 0 Å². The van der Waals surface area contributed by atoms with E-state index in [2.05, 4.69) is 13.8 Å². The lowest BCUT2D eigenvalue weighted by Gasteiger charge is -2.10. The van der Waals surface area contributed by atoms with Gasteiger partial charge in [0.25, 0.3) is 0 Å². The number of carbonyl (C=O) groups excluding carboxylic acids is 1. The molecule has 1 aromatic rings. The van der Waals surface area contributed by atoms with E-state index in [1.54, 1.807) is 23.9 Å². The number of hydrogen-bond acceptors (Lipinski definition) is 4. The molecule has 0 radical (unpaired) electrons. The molecule has 4 heteroatoms. The van der Waals surface area contributed by atoms with Gasteiger partial charge in [-0.1, -0.05) is 13.8 Å². The quantitative estimate of drug-likeness (QED) is 0.488. The standard InChI is InChI=1S/C11H15NO2S/c1-7(2)15-10-5-4-8(12)6-9(10)11(13)14-3/h4-7H,12H2,1-3H3. The predicted molar refractivity (Wildman–Crippen MR) is 63.2 cm³/mol. The summed E-state index contributed by atoms with van der Waals surface area (Å²) in [6.07, 6.45) is 0. The molecular formula is C11H15NO2S. The maximum atomic E-state index is 11.5. The number of rotatable bonds is 3. The molecule has 0 atom stereocenters. The minimum atomic E-state index is -0.342. The number of anilines is 1. The minimum absolute atomic E-state index is 0.342. The third-order valence-corrected chi connectivity index (χ3v) is 2.85. The molecule has 0 amide bonds. The minimum Gasteiger partial charge on any atom is -0.465 e. The Labute approximate surface area is 94.0 Å². The van der Waals surface area contributed by atoms with Gasteiger partial charge in [0.05, 0.1) is 12.7 Å². The van der Waals surface area contributed by atoms with Crippen molar-refractivity contribution in [2.45, 2.75) is 24.0 Å². The van der Waals surface area contributed by atoms with E-state index < -0.39 is 0 Å².